The number of carbonyl (C=O) groups excluding carboxylic acids is 1. The summed E-state index contributed by atoms with van der Waals surface area (Å²) < 4.78 is 18.0. The maximum atomic E-state index is 12.0. The molecule has 4 N–H and O–H groups in total. The second-order valence-electron chi connectivity index (χ2n) is 9.76. The van der Waals surface area contributed by atoms with Crippen LogP contribution in [0.2, 0.25) is 0 Å². The highest BCUT2D eigenvalue weighted by molar-refractivity contribution is 5.87. The topological polar surface area (TPSA) is 106 Å². The standard InChI is InChI=1S/C25H40N2O5/c1-16(5-8-20-12-25(15-30-25)13-21(14-26)32-20)6-9-23-17(2)11-22(19(4)31-23)27-24(29)10-7-18(3)28/h5-8,10,17-23,28H,9,11-15,26H2,1-4H3,(H,27,29)/t17-,18-,19+,20+,21-,22+,23-,25+/m0/s1. The largest absolute Gasteiger partial charge is 0.389 e. The average molecular weight is 449 g/mol. The lowest BCUT2D eigenvalue weighted by Gasteiger charge is -2.39. The smallest absolute Gasteiger partial charge is 0.244 e. The normalized spacial score (nSPS) is 39.0. The van der Waals surface area contributed by atoms with Gasteiger partial charge in [0.15, 0.2) is 0 Å². The van der Waals surface area contributed by atoms with Crippen LogP contribution in [0, 0.1) is 5.92 Å². The fraction of sp³-hybridized carbons (Fsp3) is 0.720. The lowest BCUT2D eigenvalue weighted by atomic mass is 9.88. The van der Waals surface area contributed by atoms with E-state index in [4.69, 9.17) is 19.9 Å². The molecule has 3 fully saturated rings. The maximum Gasteiger partial charge on any atom is 0.244 e. The van der Waals surface area contributed by atoms with Gasteiger partial charge in [-0.05, 0) is 39.5 Å². The number of nitrogens with two attached hydrogens (primary N) is 1. The molecule has 0 aliphatic carbocycles. The monoisotopic (exact) mass is 448 g/mol. The van der Waals surface area contributed by atoms with Gasteiger partial charge in [-0.2, -0.15) is 0 Å². The molecule has 3 heterocycles. The number of rotatable bonds is 8. The Morgan fingerprint density at radius 3 is 2.69 bits per heavy atom. The van der Waals surface area contributed by atoms with Crippen LogP contribution in [0.3, 0.4) is 0 Å². The number of epoxide rings is 1. The molecular weight excluding hydrogens is 408 g/mol. The van der Waals surface area contributed by atoms with Crippen molar-refractivity contribution >= 4 is 5.91 Å². The van der Waals surface area contributed by atoms with Gasteiger partial charge in [0.25, 0.3) is 0 Å². The lowest BCUT2D eigenvalue weighted by molar-refractivity contribution is -0.123. The molecule has 3 aliphatic heterocycles. The third-order valence-electron chi connectivity index (χ3n) is 6.67. The number of allylic oxidation sites excluding steroid dienone is 2. The van der Waals surface area contributed by atoms with E-state index in [9.17, 15) is 9.90 Å². The van der Waals surface area contributed by atoms with Crippen LogP contribution in [0.1, 0.15) is 53.4 Å². The van der Waals surface area contributed by atoms with E-state index in [1.165, 1.54) is 17.7 Å². The summed E-state index contributed by atoms with van der Waals surface area (Å²) in [4.78, 5) is 12.0. The van der Waals surface area contributed by atoms with Crippen LogP contribution in [0.15, 0.2) is 36.0 Å². The summed E-state index contributed by atoms with van der Waals surface area (Å²) in [6.07, 6.45) is 12.3. The van der Waals surface area contributed by atoms with Crippen LogP contribution in [-0.2, 0) is 19.0 Å². The number of ether oxygens (including phenoxy) is 3. The van der Waals surface area contributed by atoms with Crippen LogP contribution in [0.5, 0.6) is 0 Å². The van der Waals surface area contributed by atoms with Gasteiger partial charge < -0.3 is 30.4 Å². The Morgan fingerprint density at radius 2 is 2.03 bits per heavy atom. The number of amides is 1. The number of nitrogens with one attached hydrogen (secondary N) is 1. The number of hydrogen-bond acceptors (Lipinski definition) is 6. The van der Waals surface area contributed by atoms with Crippen LogP contribution < -0.4 is 11.1 Å². The molecule has 0 bridgehead atoms. The zero-order valence-corrected chi connectivity index (χ0v) is 19.8. The van der Waals surface area contributed by atoms with E-state index in [-0.39, 0.29) is 42.0 Å². The van der Waals surface area contributed by atoms with Crippen LogP contribution in [0.25, 0.3) is 0 Å². The lowest BCUT2D eigenvalue weighted by Crippen LogP contribution is -2.50. The molecular formula is C25H40N2O5. The minimum absolute atomic E-state index is 0.00544. The molecule has 7 nitrogen and oxygen atoms in total. The van der Waals surface area contributed by atoms with Crippen molar-refractivity contribution in [3.63, 3.8) is 0 Å². The van der Waals surface area contributed by atoms with Crippen molar-refractivity contribution in [2.75, 3.05) is 13.2 Å². The molecule has 0 aromatic heterocycles. The molecule has 32 heavy (non-hydrogen) atoms. The van der Waals surface area contributed by atoms with Crippen molar-refractivity contribution in [3.8, 4) is 0 Å². The molecule has 180 valence electrons. The van der Waals surface area contributed by atoms with Gasteiger partial charge in [-0.15, -0.1) is 0 Å². The molecule has 0 saturated carbocycles. The van der Waals surface area contributed by atoms with Crippen molar-refractivity contribution < 1.29 is 24.1 Å². The number of aliphatic hydroxyl groups excluding tert-OH is 1. The van der Waals surface area contributed by atoms with Crippen LogP contribution in [0.4, 0.5) is 0 Å². The molecule has 0 aromatic rings. The van der Waals surface area contributed by atoms with E-state index in [0.29, 0.717) is 12.5 Å². The average Bonchev–Trinajstić information content (AvgIpc) is 3.49. The third kappa shape index (κ3) is 7.25. The van der Waals surface area contributed by atoms with Gasteiger partial charge in [-0.3, -0.25) is 4.79 Å². The minimum atomic E-state index is -0.636. The van der Waals surface area contributed by atoms with E-state index >= 15 is 0 Å². The predicted octanol–water partition coefficient (Wildman–Crippen LogP) is 2.39. The summed E-state index contributed by atoms with van der Waals surface area (Å²) >= 11 is 0. The summed E-state index contributed by atoms with van der Waals surface area (Å²) in [6, 6.07) is -0.0340. The summed E-state index contributed by atoms with van der Waals surface area (Å²) in [5, 5.41) is 12.3. The number of aliphatic hydroxyl groups is 1. The Hall–Kier alpha value is -1.51. The van der Waals surface area contributed by atoms with Gasteiger partial charge in [0.2, 0.25) is 5.91 Å². The van der Waals surface area contributed by atoms with Crippen molar-refractivity contribution in [1.29, 1.82) is 0 Å². The summed E-state index contributed by atoms with van der Waals surface area (Å²) in [6.45, 7) is 9.22. The summed E-state index contributed by atoms with van der Waals surface area (Å²) in [7, 11) is 0. The second-order valence-corrected chi connectivity index (χ2v) is 9.76. The molecule has 1 spiro atoms. The Kier molecular flexibility index (Phi) is 8.69. The van der Waals surface area contributed by atoms with Gasteiger partial charge in [-0.1, -0.05) is 36.8 Å². The van der Waals surface area contributed by atoms with Gasteiger partial charge >= 0.3 is 0 Å². The van der Waals surface area contributed by atoms with Gasteiger partial charge in [0.05, 0.1) is 48.8 Å². The molecule has 3 rings (SSSR count). The van der Waals surface area contributed by atoms with E-state index in [1.54, 1.807) is 6.92 Å². The fourth-order valence-corrected chi connectivity index (χ4v) is 4.60. The quantitative estimate of drug-likeness (QED) is 0.299. The first-order chi connectivity index (χ1) is 15.2. The highest BCUT2D eigenvalue weighted by Gasteiger charge is 2.50. The molecule has 0 unspecified atom stereocenters. The van der Waals surface area contributed by atoms with E-state index in [0.717, 1.165) is 32.3 Å². The molecule has 0 radical (unpaired) electrons. The minimum Gasteiger partial charge on any atom is -0.389 e. The second kappa shape index (κ2) is 11.1. The maximum absolute atomic E-state index is 12.0. The van der Waals surface area contributed by atoms with E-state index < -0.39 is 6.10 Å². The Balaban J connectivity index is 1.47. The van der Waals surface area contributed by atoms with Crippen molar-refractivity contribution in [2.24, 2.45) is 11.7 Å². The predicted molar refractivity (Wildman–Crippen MR) is 124 cm³/mol. The number of hydrogen-bond donors (Lipinski definition) is 3. The van der Waals surface area contributed by atoms with Gasteiger partial charge in [-0.25, -0.2) is 0 Å². The fourth-order valence-electron chi connectivity index (χ4n) is 4.60. The van der Waals surface area contributed by atoms with Gasteiger partial charge in [0, 0.05) is 25.5 Å². The van der Waals surface area contributed by atoms with Crippen molar-refractivity contribution in [2.45, 2.75) is 95.5 Å². The van der Waals surface area contributed by atoms with Crippen LogP contribution in [-0.4, -0.2) is 66.3 Å². The highest BCUT2D eigenvalue weighted by Crippen LogP contribution is 2.42. The molecule has 3 saturated heterocycles. The first kappa shape index (κ1) is 25.1. The Bertz CT molecular complexity index is 728. The van der Waals surface area contributed by atoms with Gasteiger partial charge in [0.1, 0.15) is 0 Å². The molecule has 8 atom stereocenters. The summed E-state index contributed by atoms with van der Waals surface area (Å²) in [5.74, 6) is 0.127. The molecule has 7 heteroatoms. The Morgan fingerprint density at radius 1 is 1.28 bits per heavy atom. The van der Waals surface area contributed by atoms with E-state index in [1.807, 2.05) is 6.92 Å². The van der Waals surface area contributed by atoms with Crippen molar-refractivity contribution in [3.05, 3.63) is 36.0 Å². The highest BCUT2D eigenvalue weighted by atomic mass is 16.6. The van der Waals surface area contributed by atoms with Crippen molar-refractivity contribution in [1.82, 2.24) is 5.32 Å². The first-order valence-electron chi connectivity index (χ1n) is 11.9. The molecule has 1 amide bonds. The third-order valence-corrected chi connectivity index (χ3v) is 6.67. The molecule has 0 aromatic carbocycles. The number of carbonyl (C=O) groups is 1. The zero-order chi connectivity index (χ0) is 23.3. The van der Waals surface area contributed by atoms with Crippen LogP contribution >= 0.6 is 0 Å². The SMILES string of the molecule is CC(C=C[C@@H]1C[C@]2(CO2)C[C@@H](CN)O1)=CC[C@@H]1O[C@H](C)[C@H](NC(=O)C=C[C@H](C)O)C[C@@H]1C. The Labute approximate surface area is 192 Å². The summed E-state index contributed by atoms with van der Waals surface area (Å²) in [5.41, 5.74) is 6.99. The van der Waals surface area contributed by atoms with E-state index in [2.05, 4.69) is 37.4 Å². The first-order valence-corrected chi connectivity index (χ1v) is 11.9. The molecule has 3 aliphatic rings. The zero-order valence-electron chi connectivity index (χ0n) is 19.8.